The zero-order valence-electron chi connectivity index (χ0n) is 13.7. The van der Waals surface area contributed by atoms with Gasteiger partial charge in [0.15, 0.2) is 0 Å². The number of nitrogens with zero attached hydrogens (tertiary/aromatic N) is 2. The van der Waals surface area contributed by atoms with E-state index in [0.29, 0.717) is 26.1 Å². The van der Waals surface area contributed by atoms with Gasteiger partial charge in [0.25, 0.3) is 0 Å². The molecule has 1 atom stereocenters. The molecular weight excluding hydrogens is 295 g/mol. The first-order valence-corrected chi connectivity index (χ1v) is 8.42. The number of benzene rings is 1. The maximum absolute atomic E-state index is 12.9. The van der Waals surface area contributed by atoms with Crippen molar-refractivity contribution in [2.24, 2.45) is 5.92 Å². The van der Waals surface area contributed by atoms with Crippen molar-refractivity contribution >= 4 is 5.91 Å². The lowest BCUT2D eigenvalue weighted by atomic mass is 10.1. The third kappa shape index (κ3) is 5.01. The summed E-state index contributed by atoms with van der Waals surface area (Å²) in [4.78, 5) is 16.6. The van der Waals surface area contributed by atoms with Gasteiger partial charge in [0, 0.05) is 26.2 Å². The molecule has 0 radical (unpaired) electrons. The van der Waals surface area contributed by atoms with Crippen molar-refractivity contribution in [1.82, 2.24) is 9.80 Å². The van der Waals surface area contributed by atoms with Crippen molar-refractivity contribution in [3.8, 4) is 0 Å². The van der Waals surface area contributed by atoms with Gasteiger partial charge < -0.3 is 14.5 Å². The summed E-state index contributed by atoms with van der Waals surface area (Å²) in [6.45, 7) is 3.88. The van der Waals surface area contributed by atoms with E-state index < -0.39 is 0 Å². The van der Waals surface area contributed by atoms with Crippen LogP contribution in [0, 0.1) is 11.7 Å². The van der Waals surface area contributed by atoms with Gasteiger partial charge in [-0.1, -0.05) is 12.1 Å². The van der Waals surface area contributed by atoms with Crippen LogP contribution >= 0.6 is 0 Å². The van der Waals surface area contributed by atoms with Crippen LogP contribution in [0.15, 0.2) is 24.3 Å². The van der Waals surface area contributed by atoms with Gasteiger partial charge in [-0.25, -0.2) is 4.39 Å². The van der Waals surface area contributed by atoms with Crippen molar-refractivity contribution in [1.29, 1.82) is 0 Å². The van der Waals surface area contributed by atoms with Crippen LogP contribution in [0.1, 0.15) is 18.4 Å². The molecule has 126 valence electrons. The summed E-state index contributed by atoms with van der Waals surface area (Å²) in [5.41, 5.74) is 0.852. The first-order chi connectivity index (χ1) is 11.1. The van der Waals surface area contributed by atoms with E-state index in [4.69, 9.17) is 4.74 Å². The molecule has 1 amide bonds. The molecule has 0 spiro atoms. The Bertz CT molecular complexity index is 530. The maximum atomic E-state index is 12.9. The first-order valence-electron chi connectivity index (χ1n) is 8.42. The molecule has 4 nitrogen and oxygen atoms in total. The van der Waals surface area contributed by atoms with Gasteiger partial charge in [0.05, 0.1) is 19.1 Å². The Morgan fingerprint density at radius 2 is 2.04 bits per heavy atom. The van der Waals surface area contributed by atoms with Crippen LogP contribution in [0.5, 0.6) is 0 Å². The molecule has 1 saturated heterocycles. The Morgan fingerprint density at radius 1 is 1.30 bits per heavy atom. The minimum absolute atomic E-state index is 0.0877. The second-order valence-electron chi connectivity index (χ2n) is 6.80. The Kier molecular flexibility index (Phi) is 5.28. The summed E-state index contributed by atoms with van der Waals surface area (Å²) in [5, 5.41) is 0. The summed E-state index contributed by atoms with van der Waals surface area (Å²) in [6.07, 6.45) is 3.10. The molecule has 3 rings (SSSR count). The van der Waals surface area contributed by atoms with Gasteiger partial charge >= 0.3 is 0 Å². The number of morpholine rings is 1. The highest BCUT2D eigenvalue weighted by Gasteiger charge is 2.27. The SMILES string of the molecule is CN(CC1CC1)C[C@@H]1CN(C(=O)Cc2ccc(F)cc2)CCO1. The molecular formula is C18H25FN2O2. The number of halogens is 1. The Hall–Kier alpha value is -1.46. The minimum atomic E-state index is -0.272. The average Bonchev–Trinajstić information content (AvgIpc) is 3.33. The summed E-state index contributed by atoms with van der Waals surface area (Å²) >= 11 is 0. The van der Waals surface area contributed by atoms with Gasteiger partial charge in [0.2, 0.25) is 5.91 Å². The molecule has 0 N–H and O–H groups in total. The molecule has 1 aliphatic heterocycles. The standard InChI is InChI=1S/C18H25FN2O2/c1-20(11-15-2-3-15)12-17-13-21(8-9-23-17)18(22)10-14-4-6-16(19)7-5-14/h4-7,15,17H,2-3,8-13H2,1H3/t17-/m1/s1. The number of rotatable bonds is 6. The number of hydrogen-bond donors (Lipinski definition) is 0. The second-order valence-corrected chi connectivity index (χ2v) is 6.80. The van der Waals surface area contributed by atoms with E-state index in [9.17, 15) is 9.18 Å². The quantitative estimate of drug-likeness (QED) is 0.803. The summed E-state index contributed by atoms with van der Waals surface area (Å²) in [7, 11) is 2.13. The molecule has 1 saturated carbocycles. The summed E-state index contributed by atoms with van der Waals surface area (Å²) in [6, 6.07) is 6.15. The highest BCUT2D eigenvalue weighted by atomic mass is 19.1. The zero-order chi connectivity index (χ0) is 16.2. The lowest BCUT2D eigenvalue weighted by Crippen LogP contribution is -2.49. The fourth-order valence-corrected chi connectivity index (χ4v) is 3.11. The molecule has 1 aromatic carbocycles. The van der Waals surface area contributed by atoms with Crippen LogP contribution in [0.25, 0.3) is 0 Å². The van der Waals surface area contributed by atoms with Crippen LogP contribution < -0.4 is 0 Å². The smallest absolute Gasteiger partial charge is 0.227 e. The van der Waals surface area contributed by atoms with E-state index in [-0.39, 0.29) is 17.8 Å². The van der Waals surface area contributed by atoms with Gasteiger partial charge in [0.1, 0.15) is 5.82 Å². The van der Waals surface area contributed by atoms with E-state index in [0.717, 1.165) is 24.6 Å². The summed E-state index contributed by atoms with van der Waals surface area (Å²) in [5.74, 6) is 0.681. The molecule has 1 aromatic rings. The number of carbonyl (C=O) groups is 1. The molecule has 2 aliphatic rings. The normalized spacial score (nSPS) is 21.7. The highest BCUT2D eigenvalue weighted by molar-refractivity contribution is 5.78. The number of ether oxygens (including phenoxy) is 1. The molecule has 23 heavy (non-hydrogen) atoms. The van der Waals surface area contributed by atoms with Crippen LogP contribution in [0.4, 0.5) is 4.39 Å². The highest BCUT2D eigenvalue weighted by Crippen LogP contribution is 2.29. The van der Waals surface area contributed by atoms with E-state index in [1.54, 1.807) is 12.1 Å². The van der Waals surface area contributed by atoms with Gasteiger partial charge in [-0.2, -0.15) is 0 Å². The van der Waals surface area contributed by atoms with Crippen LogP contribution in [-0.2, 0) is 16.0 Å². The van der Waals surface area contributed by atoms with Crippen molar-refractivity contribution in [3.63, 3.8) is 0 Å². The van der Waals surface area contributed by atoms with Crippen LogP contribution in [-0.4, -0.2) is 61.6 Å². The first kappa shape index (κ1) is 16.4. The molecule has 0 aromatic heterocycles. The van der Waals surface area contributed by atoms with Gasteiger partial charge in [-0.15, -0.1) is 0 Å². The Morgan fingerprint density at radius 3 is 2.74 bits per heavy atom. The van der Waals surface area contributed by atoms with Crippen LogP contribution in [0.3, 0.4) is 0 Å². The summed E-state index contributed by atoms with van der Waals surface area (Å²) < 4.78 is 18.7. The third-order valence-corrected chi connectivity index (χ3v) is 4.54. The van der Waals surface area contributed by atoms with Gasteiger partial charge in [-0.05, 0) is 43.5 Å². The van der Waals surface area contributed by atoms with E-state index in [1.165, 1.54) is 25.0 Å². The Labute approximate surface area is 137 Å². The fourth-order valence-electron chi connectivity index (χ4n) is 3.11. The molecule has 1 heterocycles. The molecule has 0 bridgehead atoms. The van der Waals surface area contributed by atoms with Crippen molar-refractivity contribution in [3.05, 3.63) is 35.6 Å². The fraction of sp³-hybridized carbons (Fsp3) is 0.611. The zero-order valence-corrected chi connectivity index (χ0v) is 13.7. The van der Waals surface area contributed by atoms with E-state index in [1.807, 2.05) is 4.90 Å². The van der Waals surface area contributed by atoms with E-state index >= 15 is 0 Å². The molecule has 5 heteroatoms. The number of likely N-dealkylation sites (N-methyl/N-ethyl adjacent to an activating group) is 1. The average molecular weight is 320 g/mol. The van der Waals surface area contributed by atoms with Crippen molar-refractivity contribution < 1.29 is 13.9 Å². The molecule has 1 aliphatic carbocycles. The number of carbonyl (C=O) groups excluding carboxylic acids is 1. The van der Waals surface area contributed by atoms with Crippen LogP contribution in [0.2, 0.25) is 0 Å². The largest absolute Gasteiger partial charge is 0.373 e. The van der Waals surface area contributed by atoms with Crippen molar-refractivity contribution in [2.75, 3.05) is 39.8 Å². The molecule has 2 fully saturated rings. The lowest BCUT2D eigenvalue weighted by molar-refractivity contribution is -0.138. The van der Waals surface area contributed by atoms with Gasteiger partial charge in [-0.3, -0.25) is 4.79 Å². The monoisotopic (exact) mass is 320 g/mol. The van der Waals surface area contributed by atoms with Crippen molar-refractivity contribution in [2.45, 2.75) is 25.4 Å². The molecule has 0 unspecified atom stereocenters. The maximum Gasteiger partial charge on any atom is 0.227 e. The predicted molar refractivity (Wildman–Crippen MR) is 86.6 cm³/mol. The predicted octanol–water partition coefficient (Wildman–Crippen LogP) is 1.94. The Balaban J connectivity index is 1.48. The number of hydrogen-bond acceptors (Lipinski definition) is 3. The lowest BCUT2D eigenvalue weighted by Gasteiger charge is -2.35. The topological polar surface area (TPSA) is 32.8 Å². The third-order valence-electron chi connectivity index (χ3n) is 4.54. The van der Waals surface area contributed by atoms with E-state index in [2.05, 4.69) is 11.9 Å². The minimum Gasteiger partial charge on any atom is -0.373 e. The second kappa shape index (κ2) is 7.41. The number of amides is 1.